The Morgan fingerprint density at radius 2 is 1.51 bits per heavy atom. The summed E-state index contributed by atoms with van der Waals surface area (Å²) in [5.41, 5.74) is 9.95. The van der Waals surface area contributed by atoms with Gasteiger partial charge in [0.25, 0.3) is 5.78 Å². The van der Waals surface area contributed by atoms with Crippen LogP contribution in [0.15, 0.2) is 77.7 Å². The first-order valence-electron chi connectivity index (χ1n) is 12.6. The summed E-state index contributed by atoms with van der Waals surface area (Å²) >= 11 is 0. The molecule has 0 atom stereocenters. The van der Waals surface area contributed by atoms with Gasteiger partial charge in [0, 0.05) is 17.2 Å². The third-order valence-electron chi connectivity index (χ3n) is 6.19. The summed E-state index contributed by atoms with van der Waals surface area (Å²) in [7, 11) is -1.73. The van der Waals surface area contributed by atoms with Gasteiger partial charge in [-0.15, -0.1) is 0 Å². The van der Waals surface area contributed by atoms with Crippen LogP contribution in [0.25, 0.3) is 23.8 Å². The number of hydrogen-bond donors (Lipinski definition) is 1. The Morgan fingerprint density at radius 1 is 0.884 bits per heavy atom. The van der Waals surface area contributed by atoms with E-state index in [1.807, 2.05) is 0 Å². The lowest BCUT2D eigenvalue weighted by atomic mass is 9.95. The minimum absolute atomic E-state index is 0.0339. The van der Waals surface area contributed by atoms with Crippen molar-refractivity contribution in [2.45, 2.75) is 11.3 Å². The molecule has 0 saturated carbocycles. The van der Waals surface area contributed by atoms with Crippen LogP contribution in [0.4, 0.5) is 0 Å². The molecule has 0 heterocycles. The van der Waals surface area contributed by atoms with Crippen LogP contribution in [0.3, 0.4) is 0 Å². The van der Waals surface area contributed by atoms with E-state index in [1.54, 1.807) is 12.1 Å². The lowest BCUT2D eigenvalue weighted by molar-refractivity contribution is -0.121. The van der Waals surface area contributed by atoms with Crippen molar-refractivity contribution < 1.29 is 46.4 Å². The second-order valence-corrected chi connectivity index (χ2v) is 10.5. The molecule has 0 bridgehead atoms. The molecule has 3 aromatic carbocycles. The fraction of sp³-hybridized carbons (Fsp3) is 0.0968. The zero-order valence-corrected chi connectivity index (χ0v) is 23.7. The number of aromatic hydroxyl groups is 1. The van der Waals surface area contributed by atoms with Gasteiger partial charge in [-0.25, -0.2) is 0 Å². The number of phenols is 1. The maximum atomic E-state index is 13.2. The van der Waals surface area contributed by atoms with E-state index in [-0.39, 0.29) is 51.2 Å². The summed E-state index contributed by atoms with van der Waals surface area (Å²) in [5, 5.41) is 9.66. The van der Waals surface area contributed by atoms with Crippen molar-refractivity contribution in [3.8, 4) is 23.0 Å². The molecule has 0 aliphatic heterocycles. The monoisotopic (exact) mass is 600 g/mol. The number of carbonyl (C=O) groups is 3. The Bertz CT molecular complexity index is 1880. The van der Waals surface area contributed by atoms with E-state index in [4.69, 9.17) is 19.2 Å². The Hall–Kier alpha value is -5.58. The highest BCUT2D eigenvalue weighted by molar-refractivity contribution is 7.87. The number of benzene rings is 3. The maximum Gasteiger partial charge on any atom is 0.362 e. The number of Topliss-reactive ketones (excluding diaryl/α,β-unsaturated/α-hetero) is 1. The molecule has 218 valence electrons. The third-order valence-corrected chi connectivity index (χ3v) is 7.48. The number of hydrogen-bond acceptors (Lipinski definition) is 9. The molecule has 4 rings (SSSR count). The average Bonchev–Trinajstić information content (AvgIpc) is 3.00. The van der Waals surface area contributed by atoms with Crippen molar-refractivity contribution >= 4 is 51.4 Å². The highest BCUT2D eigenvalue weighted by Gasteiger charge is 2.31. The van der Waals surface area contributed by atoms with Crippen LogP contribution in [0, 0.1) is 0 Å². The minimum Gasteiger partial charge on any atom is -0.504 e. The second kappa shape index (κ2) is 12.9. The van der Waals surface area contributed by atoms with E-state index in [2.05, 4.69) is 4.79 Å². The normalized spacial score (nSPS) is 12.7. The van der Waals surface area contributed by atoms with Crippen molar-refractivity contribution in [1.29, 1.82) is 0 Å². The molecule has 1 aliphatic carbocycles. The van der Waals surface area contributed by atoms with Gasteiger partial charge in [0.2, 0.25) is 0 Å². The number of rotatable bonds is 11. The van der Waals surface area contributed by atoms with Gasteiger partial charge in [-0.1, -0.05) is 36.4 Å². The predicted molar refractivity (Wildman–Crippen MR) is 157 cm³/mol. The van der Waals surface area contributed by atoms with E-state index >= 15 is 0 Å². The first-order chi connectivity index (χ1) is 20.6. The van der Waals surface area contributed by atoms with Crippen LogP contribution in [-0.2, 0) is 19.7 Å². The molecular weight excluding hydrogens is 576 g/mol. The quantitative estimate of drug-likeness (QED) is 0.111. The van der Waals surface area contributed by atoms with Gasteiger partial charge in [0.1, 0.15) is 4.90 Å². The van der Waals surface area contributed by atoms with Crippen molar-refractivity contribution in [3.63, 3.8) is 0 Å². The van der Waals surface area contributed by atoms with Crippen molar-refractivity contribution in [1.82, 2.24) is 0 Å². The average molecular weight is 601 g/mol. The van der Waals surface area contributed by atoms with E-state index < -0.39 is 27.5 Å². The van der Waals surface area contributed by atoms with Crippen molar-refractivity contribution in [2.75, 3.05) is 14.2 Å². The third kappa shape index (κ3) is 7.02. The number of fused-ring (bicyclic) bond motifs is 1. The van der Waals surface area contributed by atoms with E-state index in [9.17, 15) is 27.9 Å². The van der Waals surface area contributed by atoms with Crippen LogP contribution in [0.2, 0.25) is 0 Å². The molecule has 3 aromatic rings. The van der Waals surface area contributed by atoms with Crippen LogP contribution < -0.4 is 13.7 Å². The lowest BCUT2D eigenvalue weighted by Gasteiger charge is -2.15. The molecule has 0 saturated heterocycles. The summed E-state index contributed by atoms with van der Waals surface area (Å²) in [6, 6.07) is 12.9. The number of phenolic OH excluding ortho intramolecular Hbond substituents is 1. The van der Waals surface area contributed by atoms with Crippen LogP contribution in [-0.4, -0.2) is 55.6 Å². The molecule has 0 radical (unpaired) electrons. The van der Waals surface area contributed by atoms with Gasteiger partial charge in [0.15, 0.2) is 34.6 Å². The standard InChI is InChI=1S/C31H24N2O9S/c1-40-28-16-19(8-14-26(28)36)6-10-21(34)18-22(35)11-7-20-9-15-27(29(17-20)41-2)42-43(38,39)30-5-3-4-24-23(30)12-13-25(33-32)31(24)37/h3-17,36H,18H2,1-2H3. The fourth-order valence-electron chi connectivity index (χ4n) is 4.07. The predicted octanol–water partition coefficient (Wildman–Crippen LogP) is 4.31. The summed E-state index contributed by atoms with van der Waals surface area (Å²) in [4.78, 5) is 39.7. The SMILES string of the molecule is COc1cc(C=CC(=O)CC(=O)C=Cc2ccc(OS(=O)(=O)c3cccc4c3C=CC(=[N+]=[N-])C4=O)c(OC)c2)ccc1O. The maximum absolute atomic E-state index is 13.2. The van der Waals surface area contributed by atoms with Crippen LogP contribution >= 0.6 is 0 Å². The molecule has 0 unspecified atom stereocenters. The van der Waals surface area contributed by atoms with E-state index in [1.165, 1.54) is 93.1 Å². The molecule has 1 aliphatic rings. The fourth-order valence-corrected chi connectivity index (χ4v) is 5.23. The van der Waals surface area contributed by atoms with Crippen LogP contribution in [0.5, 0.6) is 23.0 Å². The highest BCUT2D eigenvalue weighted by Crippen LogP contribution is 2.33. The zero-order valence-electron chi connectivity index (χ0n) is 22.9. The number of nitrogens with zero attached hydrogens (tertiary/aromatic N) is 2. The Morgan fingerprint density at radius 3 is 2.14 bits per heavy atom. The van der Waals surface area contributed by atoms with Gasteiger partial charge in [0.05, 0.1) is 20.6 Å². The molecule has 43 heavy (non-hydrogen) atoms. The zero-order chi connectivity index (χ0) is 31.1. The summed E-state index contributed by atoms with van der Waals surface area (Å²) in [5.74, 6) is -1.43. The number of allylic oxidation sites excluding steroid dienone is 3. The van der Waals surface area contributed by atoms with Crippen molar-refractivity contribution in [3.05, 3.63) is 101 Å². The molecule has 12 heteroatoms. The van der Waals surface area contributed by atoms with E-state index in [0.29, 0.717) is 11.1 Å². The minimum atomic E-state index is -4.44. The smallest absolute Gasteiger partial charge is 0.362 e. The molecule has 0 amide bonds. The molecule has 0 fully saturated rings. The lowest BCUT2D eigenvalue weighted by Crippen LogP contribution is -2.20. The molecular formula is C31H24N2O9S. The topological polar surface area (TPSA) is 170 Å². The Balaban J connectivity index is 1.45. The first kappa shape index (κ1) is 30.4. The van der Waals surface area contributed by atoms with Gasteiger partial charge in [-0.05, 0) is 59.7 Å². The number of carbonyl (C=O) groups excluding carboxylic acids is 3. The molecule has 11 nitrogen and oxygen atoms in total. The highest BCUT2D eigenvalue weighted by atomic mass is 32.2. The summed E-state index contributed by atoms with van der Waals surface area (Å²) in [6.07, 6.45) is 7.56. The Labute approximate surface area is 246 Å². The van der Waals surface area contributed by atoms with Crippen molar-refractivity contribution in [2.24, 2.45) is 0 Å². The van der Waals surface area contributed by atoms with E-state index in [0.717, 1.165) is 0 Å². The summed E-state index contributed by atoms with van der Waals surface area (Å²) < 4.78 is 42.0. The Kier molecular flexibility index (Phi) is 9.14. The number of ether oxygens (including phenoxy) is 2. The van der Waals surface area contributed by atoms with Gasteiger partial charge in [-0.2, -0.15) is 13.2 Å². The van der Waals surface area contributed by atoms with Gasteiger partial charge >= 0.3 is 15.8 Å². The molecule has 0 aromatic heterocycles. The molecule has 1 N–H and O–H groups in total. The summed E-state index contributed by atoms with van der Waals surface area (Å²) in [6.45, 7) is 0. The van der Waals surface area contributed by atoms with Gasteiger partial charge < -0.3 is 24.3 Å². The first-order valence-corrected chi connectivity index (χ1v) is 14.0. The van der Waals surface area contributed by atoms with Gasteiger partial charge in [-0.3, -0.25) is 14.4 Å². The number of methoxy groups -OCH3 is 2. The second-order valence-electron chi connectivity index (χ2n) is 9.02. The van der Waals surface area contributed by atoms with Crippen LogP contribution in [0.1, 0.15) is 33.5 Å². The molecule has 0 spiro atoms. The largest absolute Gasteiger partial charge is 0.504 e. The number of ketones is 3.